The van der Waals surface area contributed by atoms with Crippen molar-refractivity contribution in [2.45, 2.75) is 37.4 Å². The van der Waals surface area contributed by atoms with Crippen LogP contribution >= 0.6 is 23.1 Å². The first-order chi connectivity index (χ1) is 20.2. The molecule has 1 aliphatic heterocycles. The minimum atomic E-state index is 0.216. The highest BCUT2D eigenvalue weighted by Crippen LogP contribution is 2.54. The molecule has 1 aromatic heterocycles. The fraction of sp³-hybridized carbons (Fsp3) is 0.184. The van der Waals surface area contributed by atoms with Crippen LogP contribution in [-0.4, -0.2) is 5.25 Å². The molecule has 41 heavy (non-hydrogen) atoms. The van der Waals surface area contributed by atoms with Crippen LogP contribution < -0.4 is 0 Å². The number of thiophene rings is 1. The van der Waals surface area contributed by atoms with Crippen molar-refractivity contribution in [1.29, 1.82) is 5.26 Å². The topological polar surface area (TPSA) is 23.8 Å². The molecule has 3 atom stereocenters. The van der Waals surface area contributed by atoms with Gasteiger partial charge in [-0.25, -0.2) is 0 Å². The maximum atomic E-state index is 10.4. The Kier molecular flexibility index (Phi) is 6.02. The second-order valence-corrected chi connectivity index (χ2v) is 13.6. The lowest BCUT2D eigenvalue weighted by Gasteiger charge is -2.30. The van der Waals surface area contributed by atoms with Crippen LogP contribution in [0.15, 0.2) is 119 Å². The Morgan fingerprint density at radius 3 is 2.63 bits per heavy atom. The summed E-state index contributed by atoms with van der Waals surface area (Å²) in [5, 5.41) is 13.4. The number of nitriles is 1. The van der Waals surface area contributed by atoms with Crippen molar-refractivity contribution in [3.05, 3.63) is 136 Å². The smallest absolute Gasteiger partial charge is 0.0994 e. The Labute approximate surface area is 249 Å². The molecule has 3 heteroatoms. The number of hydrogen-bond acceptors (Lipinski definition) is 3. The Balaban J connectivity index is 1.37. The molecular formula is C38H29NS2. The van der Waals surface area contributed by atoms with Gasteiger partial charge in [-0.1, -0.05) is 91.9 Å². The third-order valence-electron chi connectivity index (χ3n) is 9.12. The molecule has 198 valence electrons. The van der Waals surface area contributed by atoms with E-state index in [0.717, 1.165) is 30.4 Å². The van der Waals surface area contributed by atoms with Crippen molar-refractivity contribution in [2.24, 2.45) is 5.92 Å². The van der Waals surface area contributed by atoms with Gasteiger partial charge < -0.3 is 0 Å². The predicted molar refractivity (Wildman–Crippen MR) is 177 cm³/mol. The number of thioether (sulfide) groups is 1. The summed E-state index contributed by atoms with van der Waals surface area (Å²) in [7, 11) is 0. The van der Waals surface area contributed by atoms with Crippen LogP contribution in [-0.2, 0) is 0 Å². The van der Waals surface area contributed by atoms with E-state index in [-0.39, 0.29) is 5.92 Å². The molecule has 0 saturated heterocycles. The molecule has 4 aliphatic rings. The van der Waals surface area contributed by atoms with Crippen molar-refractivity contribution in [3.8, 4) is 17.2 Å². The molecular weight excluding hydrogens is 535 g/mol. The average molecular weight is 564 g/mol. The van der Waals surface area contributed by atoms with Crippen molar-refractivity contribution in [1.82, 2.24) is 0 Å². The summed E-state index contributed by atoms with van der Waals surface area (Å²) in [5.74, 6) is 0.579. The number of nitrogens with zero attached hydrogens (tertiary/aromatic N) is 1. The normalized spacial score (nSPS) is 23.0. The van der Waals surface area contributed by atoms with E-state index in [9.17, 15) is 5.26 Å². The van der Waals surface area contributed by atoms with E-state index < -0.39 is 0 Å². The first-order valence-electron chi connectivity index (χ1n) is 14.5. The van der Waals surface area contributed by atoms with Gasteiger partial charge in [-0.05, 0) is 76.8 Å². The first-order valence-corrected chi connectivity index (χ1v) is 16.2. The first kappa shape index (κ1) is 24.9. The number of hydrogen-bond donors (Lipinski definition) is 0. The fourth-order valence-corrected chi connectivity index (χ4v) is 9.80. The number of benzene rings is 3. The van der Waals surface area contributed by atoms with Gasteiger partial charge in [0.05, 0.1) is 11.6 Å². The highest BCUT2D eigenvalue weighted by atomic mass is 32.2. The highest BCUT2D eigenvalue weighted by molar-refractivity contribution is 8.04. The van der Waals surface area contributed by atoms with Gasteiger partial charge in [-0.2, -0.15) is 5.26 Å². The van der Waals surface area contributed by atoms with Crippen LogP contribution in [0.25, 0.3) is 36.9 Å². The summed E-state index contributed by atoms with van der Waals surface area (Å²) in [4.78, 5) is 1.46. The van der Waals surface area contributed by atoms with Crippen LogP contribution in [0.5, 0.6) is 0 Å². The lowest BCUT2D eigenvalue weighted by atomic mass is 9.77. The van der Waals surface area contributed by atoms with Crippen molar-refractivity contribution < 1.29 is 0 Å². The summed E-state index contributed by atoms with van der Waals surface area (Å²) >= 11 is 3.91. The van der Waals surface area contributed by atoms with Crippen LogP contribution in [0.1, 0.15) is 48.8 Å². The van der Waals surface area contributed by atoms with Crippen molar-refractivity contribution >= 4 is 48.8 Å². The second kappa shape index (κ2) is 9.91. The minimum Gasteiger partial charge on any atom is -0.192 e. The molecule has 0 fully saturated rings. The van der Waals surface area contributed by atoms with Crippen LogP contribution in [0, 0.1) is 17.2 Å². The lowest BCUT2D eigenvalue weighted by molar-refractivity contribution is 0.748. The SMILES string of the molecule is CC1C(c2cc(C3C=CC=CC3)c(C#N)cc2-c2cccc3c2sc2ccccc23)=CC=C2C3=C(C=CCC3)SC21. The monoisotopic (exact) mass is 563 g/mol. The van der Waals surface area contributed by atoms with E-state index in [0.29, 0.717) is 11.2 Å². The predicted octanol–water partition coefficient (Wildman–Crippen LogP) is 10.9. The highest BCUT2D eigenvalue weighted by Gasteiger charge is 2.37. The van der Waals surface area contributed by atoms with E-state index in [1.54, 1.807) is 5.57 Å². The number of rotatable bonds is 3. The minimum absolute atomic E-state index is 0.216. The molecule has 2 heterocycles. The zero-order chi connectivity index (χ0) is 27.5. The van der Waals surface area contributed by atoms with Crippen LogP contribution in [0.3, 0.4) is 0 Å². The van der Waals surface area contributed by atoms with E-state index in [4.69, 9.17) is 0 Å². The Bertz CT molecular complexity index is 1980. The molecule has 0 bridgehead atoms. The molecule has 0 amide bonds. The zero-order valence-electron chi connectivity index (χ0n) is 22.9. The second-order valence-electron chi connectivity index (χ2n) is 11.4. The maximum Gasteiger partial charge on any atom is 0.0994 e. The average Bonchev–Trinajstić information content (AvgIpc) is 3.60. The summed E-state index contributed by atoms with van der Waals surface area (Å²) in [6.45, 7) is 2.41. The maximum absolute atomic E-state index is 10.4. The molecule has 0 spiro atoms. The molecule has 0 radical (unpaired) electrons. The van der Waals surface area contributed by atoms with Crippen LogP contribution in [0.2, 0.25) is 0 Å². The van der Waals surface area contributed by atoms with Crippen molar-refractivity contribution in [3.63, 3.8) is 0 Å². The van der Waals surface area contributed by atoms with Gasteiger partial charge in [0.15, 0.2) is 0 Å². The van der Waals surface area contributed by atoms with E-state index in [2.05, 4.69) is 116 Å². The van der Waals surface area contributed by atoms with Gasteiger partial charge >= 0.3 is 0 Å². The standard InChI is InChI=1S/C38H29NS2/c1-23-26(18-19-31-28-13-6-7-16-35(28)40-37(23)31)34-21-32(24-10-3-2-4-11-24)25(22-39)20-33(34)30-15-9-14-29-27-12-5-8-17-36(27)41-38(29)30/h2-5,7-10,12,14-21,23-24,37H,6,11,13H2,1H3. The summed E-state index contributed by atoms with van der Waals surface area (Å²) in [6.07, 6.45) is 21.4. The van der Waals surface area contributed by atoms with Gasteiger partial charge in [-0.15, -0.1) is 23.1 Å². The molecule has 1 nitrogen and oxygen atoms in total. The van der Waals surface area contributed by atoms with Crippen LogP contribution in [0.4, 0.5) is 0 Å². The number of fused-ring (bicyclic) bond motifs is 5. The quantitative estimate of drug-likeness (QED) is 0.247. The molecule has 0 N–H and O–H groups in total. The Hall–Kier alpha value is -3.84. The van der Waals surface area contributed by atoms with E-state index in [1.807, 2.05) is 23.1 Å². The van der Waals surface area contributed by atoms with Gasteiger partial charge in [-0.3, -0.25) is 0 Å². The molecule has 8 rings (SSSR count). The Morgan fingerprint density at radius 2 is 1.76 bits per heavy atom. The molecule has 4 aromatic rings. The molecule has 3 unspecified atom stereocenters. The van der Waals surface area contributed by atoms with Gasteiger partial charge in [0.25, 0.3) is 0 Å². The fourth-order valence-electron chi connectivity index (χ4n) is 7.06. The van der Waals surface area contributed by atoms with Crippen molar-refractivity contribution in [2.75, 3.05) is 0 Å². The molecule has 3 aliphatic carbocycles. The zero-order valence-corrected chi connectivity index (χ0v) is 24.6. The van der Waals surface area contributed by atoms with E-state index >= 15 is 0 Å². The number of allylic oxidation sites excluding steroid dienone is 10. The third kappa shape index (κ3) is 3.96. The largest absolute Gasteiger partial charge is 0.192 e. The summed E-state index contributed by atoms with van der Waals surface area (Å²) in [6, 6.07) is 22.5. The van der Waals surface area contributed by atoms with Gasteiger partial charge in [0.2, 0.25) is 0 Å². The van der Waals surface area contributed by atoms with Gasteiger partial charge in [0.1, 0.15) is 0 Å². The van der Waals surface area contributed by atoms with E-state index in [1.165, 1.54) is 52.9 Å². The summed E-state index contributed by atoms with van der Waals surface area (Å²) in [5.41, 5.74) is 10.0. The summed E-state index contributed by atoms with van der Waals surface area (Å²) < 4.78 is 2.60. The molecule has 3 aromatic carbocycles. The lowest BCUT2D eigenvalue weighted by Crippen LogP contribution is -2.20. The molecule has 0 saturated carbocycles. The third-order valence-corrected chi connectivity index (χ3v) is 11.9. The van der Waals surface area contributed by atoms with Gasteiger partial charge in [0, 0.05) is 41.8 Å². The Morgan fingerprint density at radius 1 is 0.878 bits per heavy atom.